The van der Waals surface area contributed by atoms with Crippen LogP contribution in [0.1, 0.15) is 0 Å². The lowest BCUT2D eigenvalue weighted by Gasteiger charge is -2.00. The third-order valence-corrected chi connectivity index (χ3v) is 2.83. The van der Waals surface area contributed by atoms with Gasteiger partial charge in [-0.15, -0.1) is 0 Å². The van der Waals surface area contributed by atoms with E-state index < -0.39 is 0 Å². The van der Waals surface area contributed by atoms with Crippen molar-refractivity contribution in [2.75, 3.05) is 0 Å². The van der Waals surface area contributed by atoms with Gasteiger partial charge >= 0.3 is 0 Å². The van der Waals surface area contributed by atoms with Crippen molar-refractivity contribution in [3.05, 3.63) is 47.7 Å². The summed E-state index contributed by atoms with van der Waals surface area (Å²) in [5.74, 6) is 0.826. The molecule has 0 spiro atoms. The summed E-state index contributed by atoms with van der Waals surface area (Å²) in [6.07, 6.45) is 1.59. The van der Waals surface area contributed by atoms with E-state index in [-0.39, 0.29) is 5.75 Å². The predicted octanol–water partition coefficient (Wildman–Crippen LogP) is 3.70. The van der Waals surface area contributed by atoms with Crippen LogP contribution in [0, 0.1) is 0 Å². The molecule has 0 saturated heterocycles. The van der Waals surface area contributed by atoms with Gasteiger partial charge in [-0.1, -0.05) is 11.6 Å². The molecule has 0 aliphatic heterocycles. The number of phenols is 1. The number of benzene rings is 1. The number of nitrogens with one attached hydrogen (secondary N) is 1. The first-order valence-electron chi connectivity index (χ1n) is 5.32. The van der Waals surface area contributed by atoms with Gasteiger partial charge in [0.1, 0.15) is 11.4 Å². The molecule has 90 valence electrons. The molecule has 0 amide bonds. The molecule has 0 aliphatic carbocycles. The fraction of sp³-hybridized carbons (Fsp3) is 0. The number of rotatable bonds is 2. The molecule has 0 radical (unpaired) electrons. The van der Waals surface area contributed by atoms with Crippen LogP contribution in [0.25, 0.3) is 22.7 Å². The average Bonchev–Trinajstić information content (AvgIpc) is 3.00. The SMILES string of the molecule is Oc1ccc(Cl)cc1-c1cc(-c2ccco2)[nH]n1. The molecule has 0 atom stereocenters. The van der Waals surface area contributed by atoms with Gasteiger partial charge < -0.3 is 9.52 Å². The fourth-order valence-electron chi connectivity index (χ4n) is 1.73. The lowest BCUT2D eigenvalue weighted by atomic mass is 10.1. The van der Waals surface area contributed by atoms with Crippen molar-refractivity contribution in [3.63, 3.8) is 0 Å². The minimum Gasteiger partial charge on any atom is -0.507 e. The Morgan fingerprint density at radius 1 is 1.22 bits per heavy atom. The van der Waals surface area contributed by atoms with Crippen molar-refractivity contribution in [2.45, 2.75) is 0 Å². The van der Waals surface area contributed by atoms with Crippen molar-refractivity contribution < 1.29 is 9.52 Å². The summed E-state index contributed by atoms with van der Waals surface area (Å²) < 4.78 is 5.26. The van der Waals surface area contributed by atoms with Crippen LogP contribution in [0.15, 0.2) is 47.1 Å². The number of H-pyrrole nitrogens is 1. The second-order valence-corrected chi connectivity index (χ2v) is 4.24. The van der Waals surface area contributed by atoms with Gasteiger partial charge in [0.15, 0.2) is 5.76 Å². The second-order valence-electron chi connectivity index (χ2n) is 3.81. The molecule has 3 rings (SSSR count). The van der Waals surface area contributed by atoms with Gasteiger partial charge in [0.25, 0.3) is 0 Å². The summed E-state index contributed by atoms with van der Waals surface area (Å²) in [5.41, 5.74) is 1.94. The van der Waals surface area contributed by atoms with E-state index in [1.807, 2.05) is 6.07 Å². The second kappa shape index (κ2) is 4.23. The van der Waals surface area contributed by atoms with Gasteiger partial charge in [0.2, 0.25) is 0 Å². The number of aromatic nitrogens is 2. The first-order valence-corrected chi connectivity index (χ1v) is 5.70. The number of furan rings is 1. The minimum atomic E-state index is 0.136. The summed E-state index contributed by atoms with van der Waals surface area (Å²) in [6, 6.07) is 10.3. The number of hydrogen-bond acceptors (Lipinski definition) is 3. The van der Waals surface area contributed by atoms with Gasteiger partial charge in [-0.3, -0.25) is 5.10 Å². The van der Waals surface area contributed by atoms with Crippen LogP contribution >= 0.6 is 11.6 Å². The molecule has 0 aliphatic rings. The maximum Gasteiger partial charge on any atom is 0.151 e. The Balaban J connectivity index is 2.05. The normalized spacial score (nSPS) is 10.7. The monoisotopic (exact) mass is 260 g/mol. The highest BCUT2D eigenvalue weighted by atomic mass is 35.5. The molecule has 2 heterocycles. The van der Waals surface area contributed by atoms with E-state index in [0.29, 0.717) is 22.0 Å². The van der Waals surface area contributed by atoms with Crippen LogP contribution in [0.3, 0.4) is 0 Å². The number of aromatic amines is 1. The van der Waals surface area contributed by atoms with E-state index in [4.69, 9.17) is 16.0 Å². The molecule has 2 N–H and O–H groups in total. The van der Waals surface area contributed by atoms with Gasteiger partial charge in [0, 0.05) is 10.6 Å². The van der Waals surface area contributed by atoms with Gasteiger partial charge in [-0.05, 0) is 36.4 Å². The number of phenolic OH excluding ortho intramolecular Hbond substituents is 1. The van der Waals surface area contributed by atoms with Gasteiger partial charge in [-0.2, -0.15) is 5.10 Å². The fourth-order valence-corrected chi connectivity index (χ4v) is 1.90. The quantitative estimate of drug-likeness (QED) is 0.739. The highest BCUT2D eigenvalue weighted by Crippen LogP contribution is 2.32. The smallest absolute Gasteiger partial charge is 0.151 e. The van der Waals surface area contributed by atoms with E-state index in [1.165, 1.54) is 0 Å². The molecule has 0 saturated carbocycles. The molecular formula is C13H9ClN2O2. The standard InChI is InChI=1S/C13H9ClN2O2/c14-8-3-4-12(17)9(6-8)10-7-11(16-15-10)13-2-1-5-18-13/h1-7,17H,(H,15,16). The number of nitrogens with zero attached hydrogens (tertiary/aromatic N) is 1. The van der Waals surface area contributed by atoms with Crippen LogP contribution in [-0.2, 0) is 0 Å². The molecule has 1 aromatic carbocycles. The van der Waals surface area contributed by atoms with Crippen molar-refractivity contribution in [3.8, 4) is 28.5 Å². The van der Waals surface area contributed by atoms with E-state index in [1.54, 1.807) is 36.6 Å². The zero-order valence-electron chi connectivity index (χ0n) is 9.22. The maximum absolute atomic E-state index is 9.79. The minimum absolute atomic E-state index is 0.136. The van der Waals surface area contributed by atoms with Crippen LogP contribution in [0.5, 0.6) is 5.75 Å². The molecule has 5 heteroatoms. The highest BCUT2D eigenvalue weighted by molar-refractivity contribution is 6.30. The highest BCUT2D eigenvalue weighted by Gasteiger charge is 2.11. The van der Waals surface area contributed by atoms with E-state index in [9.17, 15) is 5.11 Å². The summed E-state index contributed by atoms with van der Waals surface area (Å²) in [6.45, 7) is 0. The van der Waals surface area contributed by atoms with Crippen LogP contribution in [0.2, 0.25) is 5.02 Å². The first-order chi connectivity index (χ1) is 8.74. The first kappa shape index (κ1) is 10.9. The molecule has 0 fully saturated rings. The van der Waals surface area contributed by atoms with Crippen molar-refractivity contribution in [2.24, 2.45) is 0 Å². The molecule has 2 aromatic heterocycles. The number of halogens is 1. The van der Waals surface area contributed by atoms with Crippen LogP contribution in [-0.4, -0.2) is 15.3 Å². The Morgan fingerprint density at radius 3 is 2.89 bits per heavy atom. The third-order valence-electron chi connectivity index (χ3n) is 2.60. The van der Waals surface area contributed by atoms with E-state index in [2.05, 4.69) is 10.2 Å². The van der Waals surface area contributed by atoms with Gasteiger partial charge in [0.05, 0.1) is 12.0 Å². The van der Waals surface area contributed by atoms with Crippen molar-refractivity contribution >= 4 is 11.6 Å². The van der Waals surface area contributed by atoms with Crippen LogP contribution in [0.4, 0.5) is 0 Å². The van der Waals surface area contributed by atoms with Crippen LogP contribution < -0.4 is 0 Å². The molecular weight excluding hydrogens is 252 g/mol. The lowest BCUT2D eigenvalue weighted by molar-refractivity contribution is 0.477. The Morgan fingerprint density at radius 2 is 2.11 bits per heavy atom. The summed E-state index contributed by atoms with van der Waals surface area (Å²) in [4.78, 5) is 0. The third kappa shape index (κ3) is 1.87. The van der Waals surface area contributed by atoms with E-state index in [0.717, 1.165) is 5.69 Å². The number of aromatic hydroxyl groups is 1. The summed E-state index contributed by atoms with van der Waals surface area (Å²) in [5, 5.41) is 17.3. The zero-order valence-corrected chi connectivity index (χ0v) is 9.98. The summed E-state index contributed by atoms with van der Waals surface area (Å²) >= 11 is 5.91. The van der Waals surface area contributed by atoms with E-state index >= 15 is 0 Å². The molecule has 4 nitrogen and oxygen atoms in total. The van der Waals surface area contributed by atoms with Crippen molar-refractivity contribution in [1.82, 2.24) is 10.2 Å². The van der Waals surface area contributed by atoms with Gasteiger partial charge in [-0.25, -0.2) is 0 Å². The van der Waals surface area contributed by atoms with Crippen molar-refractivity contribution in [1.29, 1.82) is 0 Å². The zero-order chi connectivity index (χ0) is 12.5. The molecule has 18 heavy (non-hydrogen) atoms. The predicted molar refractivity (Wildman–Crippen MR) is 68.4 cm³/mol. The Hall–Kier alpha value is -2.20. The Kier molecular flexibility index (Phi) is 2.57. The number of hydrogen-bond donors (Lipinski definition) is 2. The maximum atomic E-state index is 9.79. The Bertz CT molecular complexity index is 674. The molecule has 0 bridgehead atoms. The lowest BCUT2D eigenvalue weighted by Crippen LogP contribution is -1.79. The molecule has 3 aromatic rings. The molecule has 0 unspecified atom stereocenters. The largest absolute Gasteiger partial charge is 0.507 e. The topological polar surface area (TPSA) is 62.1 Å². The Labute approximate surface area is 108 Å². The average molecular weight is 261 g/mol. The summed E-state index contributed by atoms with van der Waals surface area (Å²) in [7, 11) is 0.